The monoisotopic (exact) mass is 229 g/mol. The predicted octanol–water partition coefficient (Wildman–Crippen LogP) is 2.88. The molecule has 1 N–H and O–H groups in total. The van der Waals surface area contributed by atoms with E-state index >= 15 is 0 Å². The second kappa shape index (κ2) is 4.78. The van der Waals surface area contributed by atoms with E-state index in [1.165, 1.54) is 0 Å². The number of benzene rings is 2. The lowest BCUT2D eigenvalue weighted by Gasteiger charge is -2.08. The van der Waals surface area contributed by atoms with Gasteiger partial charge in [0.2, 0.25) is 0 Å². The van der Waals surface area contributed by atoms with Gasteiger partial charge >= 0.3 is 0 Å². The van der Waals surface area contributed by atoms with Crippen LogP contribution in [0.4, 0.5) is 0 Å². The van der Waals surface area contributed by atoms with E-state index in [0.29, 0.717) is 11.3 Å². The van der Waals surface area contributed by atoms with Gasteiger partial charge in [-0.25, -0.2) is 0 Å². The minimum atomic E-state index is 0.161. The van der Waals surface area contributed by atoms with E-state index < -0.39 is 0 Å². The van der Waals surface area contributed by atoms with Gasteiger partial charge in [0.15, 0.2) is 0 Å². The molecule has 3 heteroatoms. The maximum atomic E-state index is 9.90. The lowest BCUT2D eigenvalue weighted by molar-refractivity contribution is 0.408. The highest BCUT2D eigenvalue weighted by Gasteiger charge is 2.06. The predicted molar refractivity (Wildman–Crippen MR) is 65.5 cm³/mol. The Hall–Kier alpha value is -2.16. The maximum absolute atomic E-state index is 9.90. The highest BCUT2D eigenvalue weighted by atomic mass is 16.5. The third kappa shape index (κ3) is 2.33. The van der Waals surface area contributed by atoms with Gasteiger partial charge in [0.25, 0.3) is 0 Å². The first-order chi connectivity index (χ1) is 8.24. The van der Waals surface area contributed by atoms with Crippen LogP contribution in [-0.4, -0.2) is 19.3 Å². The fourth-order valence-electron chi connectivity index (χ4n) is 1.59. The second-order valence-electron chi connectivity index (χ2n) is 3.53. The van der Waals surface area contributed by atoms with Crippen LogP contribution < -0.4 is 9.47 Å². The standard InChI is InChI=1S/C14H13O3/c1-16-11-5-3-4-10(8-11)13-7-6-12(17-2)9-14(13)15/h3,5-9,15H,1-2H3. The Labute approximate surface area is 100 Å². The fraction of sp³-hybridized carbons (Fsp3) is 0.143. The molecular weight excluding hydrogens is 216 g/mol. The minimum Gasteiger partial charge on any atom is -0.507 e. The normalized spacial score (nSPS) is 10.0. The van der Waals surface area contributed by atoms with Gasteiger partial charge in [0.1, 0.15) is 17.2 Å². The summed E-state index contributed by atoms with van der Waals surface area (Å²) >= 11 is 0. The number of aromatic hydroxyl groups is 1. The van der Waals surface area contributed by atoms with Crippen LogP contribution in [0, 0.1) is 6.07 Å². The fourth-order valence-corrected chi connectivity index (χ4v) is 1.59. The van der Waals surface area contributed by atoms with Crippen molar-refractivity contribution in [2.24, 2.45) is 0 Å². The zero-order valence-electron chi connectivity index (χ0n) is 9.73. The second-order valence-corrected chi connectivity index (χ2v) is 3.53. The summed E-state index contributed by atoms with van der Waals surface area (Å²) in [5.74, 6) is 1.51. The van der Waals surface area contributed by atoms with E-state index in [0.717, 1.165) is 11.3 Å². The molecule has 0 bridgehead atoms. The quantitative estimate of drug-likeness (QED) is 0.879. The molecule has 2 rings (SSSR count). The van der Waals surface area contributed by atoms with Crippen molar-refractivity contribution in [2.45, 2.75) is 0 Å². The summed E-state index contributed by atoms with van der Waals surface area (Å²) in [5.41, 5.74) is 1.48. The van der Waals surface area contributed by atoms with Crippen molar-refractivity contribution in [1.82, 2.24) is 0 Å². The third-order valence-corrected chi connectivity index (χ3v) is 2.50. The van der Waals surface area contributed by atoms with Crippen LogP contribution in [0.3, 0.4) is 0 Å². The molecule has 0 atom stereocenters. The Bertz CT molecular complexity index is 521. The van der Waals surface area contributed by atoms with E-state index in [4.69, 9.17) is 9.47 Å². The molecule has 0 spiro atoms. The van der Waals surface area contributed by atoms with Gasteiger partial charge in [0, 0.05) is 11.6 Å². The molecule has 0 saturated heterocycles. The van der Waals surface area contributed by atoms with Crippen molar-refractivity contribution in [3.63, 3.8) is 0 Å². The van der Waals surface area contributed by atoms with Crippen molar-refractivity contribution >= 4 is 0 Å². The van der Waals surface area contributed by atoms with Crippen molar-refractivity contribution < 1.29 is 14.6 Å². The summed E-state index contributed by atoms with van der Waals surface area (Å²) < 4.78 is 10.2. The van der Waals surface area contributed by atoms with Crippen molar-refractivity contribution in [2.75, 3.05) is 14.2 Å². The first kappa shape index (κ1) is 11.3. The molecule has 3 nitrogen and oxygen atoms in total. The number of phenolic OH excluding ortho intramolecular Hbond substituents is 1. The summed E-state index contributed by atoms with van der Waals surface area (Å²) in [5, 5.41) is 9.90. The zero-order chi connectivity index (χ0) is 12.3. The zero-order valence-corrected chi connectivity index (χ0v) is 9.73. The highest BCUT2D eigenvalue weighted by molar-refractivity contribution is 5.71. The average molecular weight is 229 g/mol. The van der Waals surface area contributed by atoms with Gasteiger partial charge in [-0.3, -0.25) is 0 Å². The van der Waals surface area contributed by atoms with E-state index in [2.05, 4.69) is 6.07 Å². The van der Waals surface area contributed by atoms with Gasteiger partial charge < -0.3 is 14.6 Å². The van der Waals surface area contributed by atoms with Gasteiger partial charge in [0.05, 0.1) is 14.2 Å². The summed E-state index contributed by atoms with van der Waals surface area (Å²) in [6, 6.07) is 13.6. The molecule has 0 fully saturated rings. The molecule has 2 aromatic rings. The number of hydrogen-bond donors (Lipinski definition) is 1. The van der Waals surface area contributed by atoms with Crippen molar-refractivity contribution in [3.05, 3.63) is 42.5 Å². The smallest absolute Gasteiger partial charge is 0.127 e. The number of methoxy groups -OCH3 is 2. The van der Waals surface area contributed by atoms with Crippen LogP contribution in [0.15, 0.2) is 36.4 Å². The Morgan fingerprint density at radius 1 is 1.00 bits per heavy atom. The largest absolute Gasteiger partial charge is 0.507 e. The molecule has 0 unspecified atom stereocenters. The van der Waals surface area contributed by atoms with Crippen molar-refractivity contribution in [1.29, 1.82) is 0 Å². The number of hydrogen-bond acceptors (Lipinski definition) is 3. The molecule has 17 heavy (non-hydrogen) atoms. The molecule has 1 radical (unpaired) electrons. The van der Waals surface area contributed by atoms with Gasteiger partial charge in [-0.1, -0.05) is 6.07 Å². The topological polar surface area (TPSA) is 38.7 Å². The molecule has 0 aliphatic carbocycles. The van der Waals surface area contributed by atoms with E-state index in [1.54, 1.807) is 38.5 Å². The lowest BCUT2D eigenvalue weighted by Crippen LogP contribution is -1.86. The number of ether oxygens (including phenoxy) is 2. The Kier molecular flexibility index (Phi) is 3.19. The van der Waals surface area contributed by atoms with Crippen LogP contribution in [0.25, 0.3) is 11.1 Å². The SMILES string of the molecule is COc1cc[c]c(-c2ccc(OC)cc2O)c1. The summed E-state index contributed by atoms with van der Waals surface area (Å²) in [4.78, 5) is 0. The van der Waals surface area contributed by atoms with Crippen LogP contribution in [0.2, 0.25) is 0 Å². The van der Waals surface area contributed by atoms with Crippen LogP contribution in [0.1, 0.15) is 0 Å². The first-order valence-electron chi connectivity index (χ1n) is 5.17. The maximum Gasteiger partial charge on any atom is 0.127 e. The van der Waals surface area contributed by atoms with Crippen LogP contribution in [-0.2, 0) is 0 Å². The Morgan fingerprint density at radius 2 is 1.71 bits per heavy atom. The molecule has 0 saturated carbocycles. The first-order valence-corrected chi connectivity index (χ1v) is 5.17. The number of phenols is 1. The third-order valence-electron chi connectivity index (χ3n) is 2.50. The lowest BCUT2D eigenvalue weighted by atomic mass is 10.0. The van der Waals surface area contributed by atoms with E-state index in [-0.39, 0.29) is 5.75 Å². The molecule has 0 aromatic heterocycles. The van der Waals surface area contributed by atoms with Crippen LogP contribution >= 0.6 is 0 Å². The van der Waals surface area contributed by atoms with E-state index in [1.807, 2.05) is 12.1 Å². The van der Waals surface area contributed by atoms with Crippen molar-refractivity contribution in [3.8, 4) is 28.4 Å². The van der Waals surface area contributed by atoms with Gasteiger partial charge in [-0.2, -0.15) is 0 Å². The molecule has 0 heterocycles. The average Bonchev–Trinajstić information content (AvgIpc) is 2.38. The molecular formula is C14H13O3. The summed E-state index contributed by atoms with van der Waals surface area (Å²) in [6.45, 7) is 0. The molecule has 0 amide bonds. The van der Waals surface area contributed by atoms with Gasteiger partial charge in [-0.15, -0.1) is 0 Å². The number of rotatable bonds is 3. The highest BCUT2D eigenvalue weighted by Crippen LogP contribution is 2.33. The molecule has 0 aliphatic rings. The Balaban J connectivity index is 2.45. The minimum absolute atomic E-state index is 0.161. The summed E-state index contributed by atoms with van der Waals surface area (Å²) in [7, 11) is 3.17. The van der Waals surface area contributed by atoms with E-state index in [9.17, 15) is 5.11 Å². The molecule has 2 aromatic carbocycles. The Morgan fingerprint density at radius 3 is 2.35 bits per heavy atom. The molecule has 87 valence electrons. The van der Waals surface area contributed by atoms with Gasteiger partial charge in [-0.05, 0) is 35.9 Å². The van der Waals surface area contributed by atoms with Crippen LogP contribution in [0.5, 0.6) is 17.2 Å². The molecule has 0 aliphatic heterocycles. The summed E-state index contributed by atoms with van der Waals surface area (Å²) in [6.07, 6.45) is 0.